The van der Waals surface area contributed by atoms with Crippen LogP contribution < -0.4 is 10.1 Å². The number of ether oxygens (including phenoxy) is 1. The van der Waals surface area contributed by atoms with Crippen LogP contribution >= 0.6 is 27.5 Å². The molecule has 21 heavy (non-hydrogen) atoms. The molecule has 0 heterocycles. The van der Waals surface area contributed by atoms with Crippen LogP contribution in [-0.4, -0.2) is 12.5 Å². The minimum absolute atomic E-state index is 0.242. The molecule has 2 aromatic carbocycles. The number of benzene rings is 2. The number of carbonyl (C=O) groups is 1. The molecule has 0 unspecified atom stereocenters. The van der Waals surface area contributed by atoms with Crippen molar-refractivity contribution in [3.8, 4) is 5.75 Å². The molecular weight excluding hydrogens is 354 g/mol. The van der Waals surface area contributed by atoms with E-state index in [4.69, 9.17) is 16.3 Å². The molecular formula is C16H15BrClNO2. The Labute approximate surface area is 137 Å². The van der Waals surface area contributed by atoms with Crippen LogP contribution in [0.15, 0.2) is 40.9 Å². The van der Waals surface area contributed by atoms with E-state index < -0.39 is 0 Å². The predicted octanol–water partition coefficient (Wildman–Crippen LogP) is 5.06. The van der Waals surface area contributed by atoms with Gasteiger partial charge in [-0.1, -0.05) is 27.5 Å². The van der Waals surface area contributed by atoms with Crippen LogP contribution in [0.25, 0.3) is 0 Å². The smallest absolute Gasteiger partial charge is 0.257 e. The van der Waals surface area contributed by atoms with Gasteiger partial charge < -0.3 is 10.1 Å². The van der Waals surface area contributed by atoms with E-state index >= 15 is 0 Å². The minimum atomic E-state index is -0.242. The molecule has 0 spiro atoms. The second-order valence-electron chi connectivity index (χ2n) is 4.49. The minimum Gasteiger partial charge on any atom is -0.494 e. The van der Waals surface area contributed by atoms with E-state index in [1.165, 1.54) is 0 Å². The van der Waals surface area contributed by atoms with Gasteiger partial charge in [-0.25, -0.2) is 0 Å². The number of halogens is 2. The first-order valence-corrected chi connectivity index (χ1v) is 7.68. The first-order valence-electron chi connectivity index (χ1n) is 6.51. The van der Waals surface area contributed by atoms with Gasteiger partial charge in [-0.2, -0.15) is 0 Å². The van der Waals surface area contributed by atoms with Gasteiger partial charge in [0.2, 0.25) is 0 Å². The number of aryl methyl sites for hydroxylation is 1. The molecule has 0 radical (unpaired) electrons. The van der Waals surface area contributed by atoms with E-state index in [-0.39, 0.29) is 5.91 Å². The van der Waals surface area contributed by atoms with Crippen molar-refractivity contribution in [3.05, 3.63) is 57.0 Å². The van der Waals surface area contributed by atoms with Crippen molar-refractivity contribution < 1.29 is 9.53 Å². The van der Waals surface area contributed by atoms with E-state index in [1.54, 1.807) is 18.2 Å². The van der Waals surface area contributed by atoms with Gasteiger partial charge in [-0.05, 0) is 55.8 Å². The molecule has 1 amide bonds. The van der Waals surface area contributed by atoms with Crippen molar-refractivity contribution in [2.24, 2.45) is 0 Å². The van der Waals surface area contributed by atoms with Crippen molar-refractivity contribution in [2.45, 2.75) is 13.8 Å². The SMILES string of the molecule is CCOc1ccc(NC(=O)c2cc(Br)ccc2Cl)c(C)c1. The molecule has 0 bridgehead atoms. The molecule has 1 N–H and O–H groups in total. The Balaban J connectivity index is 2.21. The molecule has 5 heteroatoms. The average Bonchev–Trinajstić information content (AvgIpc) is 2.44. The number of hydrogen-bond acceptors (Lipinski definition) is 2. The average molecular weight is 369 g/mol. The zero-order chi connectivity index (χ0) is 15.4. The quantitative estimate of drug-likeness (QED) is 0.819. The van der Waals surface area contributed by atoms with E-state index in [9.17, 15) is 4.79 Å². The van der Waals surface area contributed by atoms with E-state index in [2.05, 4.69) is 21.2 Å². The van der Waals surface area contributed by atoms with Crippen LogP contribution in [0.5, 0.6) is 5.75 Å². The number of amides is 1. The molecule has 0 fully saturated rings. The molecule has 0 saturated heterocycles. The number of rotatable bonds is 4. The van der Waals surface area contributed by atoms with Gasteiger partial charge >= 0.3 is 0 Å². The molecule has 0 aromatic heterocycles. The summed E-state index contributed by atoms with van der Waals surface area (Å²) < 4.78 is 6.23. The zero-order valence-electron chi connectivity index (χ0n) is 11.7. The van der Waals surface area contributed by atoms with Crippen molar-refractivity contribution in [1.29, 1.82) is 0 Å². The lowest BCUT2D eigenvalue weighted by atomic mass is 10.1. The fourth-order valence-corrected chi connectivity index (χ4v) is 2.46. The largest absolute Gasteiger partial charge is 0.494 e. The van der Waals surface area contributed by atoms with Gasteiger partial charge in [0.05, 0.1) is 17.2 Å². The highest BCUT2D eigenvalue weighted by Gasteiger charge is 2.12. The maximum Gasteiger partial charge on any atom is 0.257 e. The molecule has 2 rings (SSSR count). The summed E-state index contributed by atoms with van der Waals surface area (Å²) in [5, 5.41) is 3.28. The third kappa shape index (κ3) is 3.99. The Bertz CT molecular complexity index is 673. The Kier molecular flexibility index (Phi) is 5.26. The summed E-state index contributed by atoms with van der Waals surface area (Å²) in [7, 11) is 0. The Morgan fingerprint density at radius 3 is 2.71 bits per heavy atom. The lowest BCUT2D eigenvalue weighted by Gasteiger charge is -2.11. The molecule has 2 aromatic rings. The highest BCUT2D eigenvalue weighted by molar-refractivity contribution is 9.10. The van der Waals surface area contributed by atoms with Crippen molar-refractivity contribution in [2.75, 3.05) is 11.9 Å². The molecule has 0 aliphatic carbocycles. The molecule has 0 aliphatic rings. The van der Waals surface area contributed by atoms with E-state index in [1.807, 2.05) is 32.0 Å². The zero-order valence-corrected chi connectivity index (χ0v) is 14.1. The van der Waals surface area contributed by atoms with E-state index in [0.29, 0.717) is 17.2 Å². The van der Waals surface area contributed by atoms with Gasteiger partial charge in [0.1, 0.15) is 5.75 Å². The van der Waals surface area contributed by atoms with Gasteiger partial charge in [-0.3, -0.25) is 4.79 Å². The fourth-order valence-electron chi connectivity index (χ4n) is 1.89. The van der Waals surface area contributed by atoms with Crippen LogP contribution in [0, 0.1) is 6.92 Å². The fraction of sp³-hybridized carbons (Fsp3) is 0.188. The van der Waals surface area contributed by atoms with E-state index in [0.717, 1.165) is 21.5 Å². The summed E-state index contributed by atoms with van der Waals surface area (Å²) in [6.07, 6.45) is 0. The lowest BCUT2D eigenvalue weighted by Crippen LogP contribution is -2.13. The summed E-state index contributed by atoms with van der Waals surface area (Å²) in [5.74, 6) is 0.544. The monoisotopic (exact) mass is 367 g/mol. The Morgan fingerprint density at radius 1 is 1.29 bits per heavy atom. The molecule has 110 valence electrons. The molecule has 0 saturated carbocycles. The third-order valence-corrected chi connectivity index (χ3v) is 3.75. The highest BCUT2D eigenvalue weighted by Crippen LogP contribution is 2.25. The molecule has 0 aliphatic heterocycles. The summed E-state index contributed by atoms with van der Waals surface area (Å²) in [5.41, 5.74) is 2.10. The Morgan fingerprint density at radius 2 is 2.05 bits per heavy atom. The first-order chi connectivity index (χ1) is 10.0. The lowest BCUT2D eigenvalue weighted by molar-refractivity contribution is 0.102. The van der Waals surface area contributed by atoms with Crippen LogP contribution in [-0.2, 0) is 0 Å². The normalized spacial score (nSPS) is 10.3. The summed E-state index contributed by atoms with van der Waals surface area (Å²) in [6, 6.07) is 10.7. The third-order valence-electron chi connectivity index (χ3n) is 2.93. The number of hydrogen-bond donors (Lipinski definition) is 1. The van der Waals surface area contributed by atoms with Crippen LogP contribution in [0.2, 0.25) is 5.02 Å². The number of carbonyl (C=O) groups excluding carboxylic acids is 1. The molecule has 0 atom stereocenters. The topological polar surface area (TPSA) is 38.3 Å². The maximum absolute atomic E-state index is 12.3. The van der Waals surface area contributed by atoms with Crippen molar-refractivity contribution >= 4 is 39.1 Å². The summed E-state index contributed by atoms with van der Waals surface area (Å²) in [6.45, 7) is 4.46. The van der Waals surface area contributed by atoms with Gasteiger partial charge in [0.25, 0.3) is 5.91 Å². The second kappa shape index (κ2) is 6.96. The van der Waals surface area contributed by atoms with Gasteiger partial charge in [0, 0.05) is 10.2 Å². The number of nitrogens with one attached hydrogen (secondary N) is 1. The standard InChI is InChI=1S/C16H15BrClNO2/c1-3-21-12-5-7-15(10(2)8-12)19-16(20)13-9-11(17)4-6-14(13)18/h4-9H,3H2,1-2H3,(H,19,20). The second-order valence-corrected chi connectivity index (χ2v) is 5.81. The summed E-state index contributed by atoms with van der Waals surface area (Å²) in [4.78, 5) is 12.3. The van der Waals surface area contributed by atoms with Crippen LogP contribution in [0.3, 0.4) is 0 Å². The maximum atomic E-state index is 12.3. The first kappa shape index (κ1) is 15.9. The van der Waals surface area contributed by atoms with Gasteiger partial charge in [0.15, 0.2) is 0 Å². The van der Waals surface area contributed by atoms with Crippen LogP contribution in [0.4, 0.5) is 5.69 Å². The predicted molar refractivity (Wildman–Crippen MR) is 89.5 cm³/mol. The Hall–Kier alpha value is -1.52. The van der Waals surface area contributed by atoms with Crippen molar-refractivity contribution in [3.63, 3.8) is 0 Å². The summed E-state index contributed by atoms with van der Waals surface area (Å²) >= 11 is 9.40. The van der Waals surface area contributed by atoms with Gasteiger partial charge in [-0.15, -0.1) is 0 Å². The van der Waals surface area contributed by atoms with Crippen LogP contribution in [0.1, 0.15) is 22.8 Å². The molecule has 3 nitrogen and oxygen atoms in total. The number of anilines is 1. The van der Waals surface area contributed by atoms with Crippen molar-refractivity contribution in [1.82, 2.24) is 0 Å². The highest BCUT2D eigenvalue weighted by atomic mass is 79.9.